The Hall–Kier alpha value is -1.99. The van der Waals surface area contributed by atoms with Gasteiger partial charge in [0.2, 0.25) is 5.95 Å². The molecule has 0 aliphatic carbocycles. The van der Waals surface area contributed by atoms with Gasteiger partial charge in [0.1, 0.15) is 0 Å². The van der Waals surface area contributed by atoms with Gasteiger partial charge in [-0.3, -0.25) is 0 Å². The fourth-order valence-corrected chi connectivity index (χ4v) is 3.28. The first kappa shape index (κ1) is 17.8. The maximum atomic E-state index is 9.89. The number of aromatic nitrogens is 2. The van der Waals surface area contributed by atoms with E-state index < -0.39 is 0 Å². The molecule has 0 aliphatic rings. The van der Waals surface area contributed by atoms with Crippen molar-refractivity contribution in [2.75, 3.05) is 12.4 Å². The van der Waals surface area contributed by atoms with E-state index in [0.29, 0.717) is 16.8 Å². The van der Waals surface area contributed by atoms with Crippen molar-refractivity contribution in [3.8, 4) is 22.8 Å². The first-order valence-corrected chi connectivity index (χ1v) is 9.15. The summed E-state index contributed by atoms with van der Waals surface area (Å²) in [6.07, 6.45) is 1.85. The predicted molar refractivity (Wildman–Crippen MR) is 106 cm³/mol. The van der Waals surface area contributed by atoms with E-state index in [9.17, 15) is 5.11 Å². The van der Waals surface area contributed by atoms with Crippen molar-refractivity contribution in [2.45, 2.75) is 6.54 Å². The van der Waals surface area contributed by atoms with Crippen LogP contribution in [0.25, 0.3) is 11.3 Å². The Morgan fingerprint density at radius 2 is 1.92 bits per heavy atom. The molecule has 2 N–H and O–H groups in total. The van der Waals surface area contributed by atoms with Crippen LogP contribution < -0.4 is 10.1 Å². The summed E-state index contributed by atoms with van der Waals surface area (Å²) in [6.45, 7) is 0.555. The summed E-state index contributed by atoms with van der Waals surface area (Å²) in [7, 11) is 3.50. The smallest absolute Gasteiger partial charge is 0.203 e. The van der Waals surface area contributed by atoms with E-state index in [0.717, 1.165) is 27.2 Å². The van der Waals surface area contributed by atoms with Gasteiger partial charge in [-0.2, -0.15) is 0 Å². The fraction of sp³-hybridized carbons (Fsp3) is 0.167. The Bertz CT molecular complexity index is 892. The predicted octanol–water partition coefficient (Wildman–Crippen LogP) is 4.94. The lowest BCUT2D eigenvalue weighted by Gasteiger charge is -2.11. The zero-order valence-corrected chi connectivity index (χ0v) is 16.9. The summed E-state index contributed by atoms with van der Waals surface area (Å²) < 4.78 is 8.83. The first-order valence-electron chi connectivity index (χ1n) is 7.56. The maximum absolute atomic E-state index is 9.89. The molecule has 1 aromatic heterocycles. The summed E-state index contributed by atoms with van der Waals surface area (Å²) in [5.74, 6) is 1.29. The largest absolute Gasteiger partial charge is 0.503 e. The fourth-order valence-electron chi connectivity index (χ4n) is 2.53. The minimum atomic E-state index is 0.0979. The number of ether oxygens (including phenoxy) is 1. The third kappa shape index (κ3) is 3.82. The number of halogens is 2. The van der Waals surface area contributed by atoms with Gasteiger partial charge in [0.15, 0.2) is 11.5 Å². The molecule has 2 aromatic carbocycles. The van der Waals surface area contributed by atoms with Crippen LogP contribution in [-0.4, -0.2) is 21.8 Å². The third-order valence-electron chi connectivity index (χ3n) is 3.89. The van der Waals surface area contributed by atoms with Gasteiger partial charge in [-0.25, -0.2) is 4.98 Å². The molecule has 3 rings (SSSR count). The number of nitrogens with one attached hydrogen (secondary N) is 1. The number of phenolic OH excluding ortho intramolecular Hbond substituents is 1. The Kier molecular flexibility index (Phi) is 5.34. The number of anilines is 1. The Balaban J connectivity index is 1.79. The Morgan fingerprint density at radius 1 is 1.20 bits per heavy atom. The zero-order chi connectivity index (χ0) is 18.0. The molecule has 7 heteroatoms. The highest BCUT2D eigenvalue weighted by Crippen LogP contribution is 2.35. The lowest BCUT2D eigenvalue weighted by Crippen LogP contribution is -2.06. The number of phenols is 1. The molecule has 0 bridgehead atoms. The van der Waals surface area contributed by atoms with E-state index in [1.54, 1.807) is 6.07 Å². The minimum Gasteiger partial charge on any atom is -0.503 e. The van der Waals surface area contributed by atoms with E-state index in [1.807, 2.05) is 48.1 Å². The summed E-state index contributed by atoms with van der Waals surface area (Å²) in [4.78, 5) is 4.46. The van der Waals surface area contributed by atoms with Gasteiger partial charge in [0.25, 0.3) is 0 Å². The van der Waals surface area contributed by atoms with Crippen molar-refractivity contribution in [3.05, 3.63) is 57.1 Å². The second-order valence-electron chi connectivity index (χ2n) is 5.52. The molecular formula is C18H17Br2N3O2. The molecule has 0 spiro atoms. The molecule has 3 aromatic rings. The molecule has 1 heterocycles. The number of aromatic hydroxyl groups is 1. The van der Waals surface area contributed by atoms with Crippen LogP contribution in [0.5, 0.6) is 11.5 Å². The molecule has 0 aliphatic heterocycles. The monoisotopic (exact) mass is 465 g/mol. The SMILES string of the molecule is COc1cc(CNc2ncc(-c3ccc(Br)cc3)n2C)cc(Br)c1O. The lowest BCUT2D eigenvalue weighted by atomic mass is 10.2. The standard InChI is InChI=1S/C18H17Br2N3O2/c1-23-15(12-3-5-13(19)6-4-12)10-22-18(23)21-9-11-7-14(20)17(24)16(8-11)25-2/h3-8,10,24H,9H2,1-2H3,(H,21,22). The number of methoxy groups -OCH3 is 1. The molecular weight excluding hydrogens is 450 g/mol. The van der Waals surface area contributed by atoms with Gasteiger partial charge in [0, 0.05) is 18.1 Å². The van der Waals surface area contributed by atoms with Crippen LogP contribution in [0, 0.1) is 0 Å². The number of imidazole rings is 1. The van der Waals surface area contributed by atoms with Crippen LogP contribution in [0.15, 0.2) is 51.5 Å². The Labute approximate surface area is 162 Å². The first-order chi connectivity index (χ1) is 12.0. The van der Waals surface area contributed by atoms with Crippen LogP contribution in [-0.2, 0) is 13.6 Å². The molecule has 0 fully saturated rings. The molecule has 0 amide bonds. The van der Waals surface area contributed by atoms with Crippen molar-refractivity contribution < 1.29 is 9.84 Å². The summed E-state index contributed by atoms with van der Waals surface area (Å²) >= 11 is 6.78. The number of benzene rings is 2. The summed E-state index contributed by atoms with van der Waals surface area (Å²) in [5, 5.41) is 13.2. The van der Waals surface area contributed by atoms with Crippen LogP contribution in [0.4, 0.5) is 5.95 Å². The number of rotatable bonds is 5. The summed E-state index contributed by atoms with van der Waals surface area (Å²) in [5.41, 5.74) is 3.09. The second kappa shape index (κ2) is 7.49. The van der Waals surface area contributed by atoms with E-state index in [1.165, 1.54) is 7.11 Å². The van der Waals surface area contributed by atoms with Gasteiger partial charge in [0.05, 0.1) is 23.5 Å². The van der Waals surface area contributed by atoms with Gasteiger partial charge in [-0.15, -0.1) is 0 Å². The van der Waals surface area contributed by atoms with Crippen molar-refractivity contribution >= 4 is 37.8 Å². The number of hydrogen-bond donors (Lipinski definition) is 2. The Morgan fingerprint density at radius 3 is 2.60 bits per heavy atom. The molecule has 0 saturated carbocycles. The van der Waals surface area contributed by atoms with Crippen LogP contribution in [0.2, 0.25) is 0 Å². The van der Waals surface area contributed by atoms with Crippen molar-refractivity contribution in [3.63, 3.8) is 0 Å². The van der Waals surface area contributed by atoms with E-state index >= 15 is 0 Å². The van der Waals surface area contributed by atoms with E-state index in [4.69, 9.17) is 4.74 Å². The van der Waals surface area contributed by atoms with E-state index in [2.05, 4.69) is 42.2 Å². The van der Waals surface area contributed by atoms with Crippen LogP contribution in [0.1, 0.15) is 5.56 Å². The molecule has 25 heavy (non-hydrogen) atoms. The highest BCUT2D eigenvalue weighted by atomic mass is 79.9. The van der Waals surface area contributed by atoms with Crippen LogP contribution >= 0.6 is 31.9 Å². The second-order valence-corrected chi connectivity index (χ2v) is 7.29. The van der Waals surface area contributed by atoms with Gasteiger partial charge < -0.3 is 19.7 Å². The average molecular weight is 467 g/mol. The average Bonchev–Trinajstić information content (AvgIpc) is 2.97. The lowest BCUT2D eigenvalue weighted by molar-refractivity contribution is 0.371. The van der Waals surface area contributed by atoms with Crippen molar-refractivity contribution in [2.24, 2.45) is 7.05 Å². The molecule has 0 unspecified atom stereocenters. The quantitative estimate of drug-likeness (QED) is 0.559. The number of nitrogens with zero attached hydrogens (tertiary/aromatic N) is 2. The van der Waals surface area contributed by atoms with Crippen molar-refractivity contribution in [1.29, 1.82) is 0 Å². The molecule has 130 valence electrons. The van der Waals surface area contributed by atoms with Crippen molar-refractivity contribution in [1.82, 2.24) is 9.55 Å². The van der Waals surface area contributed by atoms with Gasteiger partial charge in [-0.05, 0) is 51.3 Å². The molecule has 0 atom stereocenters. The molecule has 0 radical (unpaired) electrons. The van der Waals surface area contributed by atoms with Gasteiger partial charge >= 0.3 is 0 Å². The molecule has 0 saturated heterocycles. The minimum absolute atomic E-state index is 0.0979. The summed E-state index contributed by atoms with van der Waals surface area (Å²) in [6, 6.07) is 11.8. The number of hydrogen-bond acceptors (Lipinski definition) is 4. The zero-order valence-electron chi connectivity index (χ0n) is 13.8. The maximum Gasteiger partial charge on any atom is 0.203 e. The van der Waals surface area contributed by atoms with Crippen LogP contribution in [0.3, 0.4) is 0 Å². The topological polar surface area (TPSA) is 59.3 Å². The molecule has 5 nitrogen and oxygen atoms in total. The van der Waals surface area contributed by atoms with E-state index in [-0.39, 0.29) is 5.75 Å². The normalized spacial score (nSPS) is 10.7. The van der Waals surface area contributed by atoms with Gasteiger partial charge in [-0.1, -0.05) is 28.1 Å². The third-order valence-corrected chi connectivity index (χ3v) is 5.02. The highest BCUT2D eigenvalue weighted by molar-refractivity contribution is 9.10. The highest BCUT2D eigenvalue weighted by Gasteiger charge is 2.11.